The lowest BCUT2D eigenvalue weighted by molar-refractivity contribution is -0.142. The van der Waals surface area contributed by atoms with Gasteiger partial charge in [-0.25, -0.2) is 4.79 Å². The molecule has 1 aromatic carbocycles. The van der Waals surface area contributed by atoms with E-state index in [1.165, 1.54) is 18.7 Å². The van der Waals surface area contributed by atoms with Crippen molar-refractivity contribution in [2.75, 3.05) is 7.11 Å². The van der Waals surface area contributed by atoms with E-state index in [4.69, 9.17) is 5.73 Å². The molecule has 0 saturated heterocycles. The van der Waals surface area contributed by atoms with Crippen LogP contribution in [0.5, 0.6) is 0 Å². The summed E-state index contributed by atoms with van der Waals surface area (Å²) in [6, 6.07) is 6.46. The zero-order chi connectivity index (χ0) is 18.0. The van der Waals surface area contributed by atoms with Gasteiger partial charge in [0.05, 0.1) is 12.7 Å². The molecule has 0 aliphatic rings. The molecule has 0 bridgehead atoms. The molecule has 0 fully saturated rings. The minimum Gasteiger partial charge on any atom is -0.468 e. The molecular formula is C17H21N3O4. The van der Waals surface area contributed by atoms with E-state index in [2.05, 4.69) is 4.74 Å². The predicted octanol–water partition coefficient (Wildman–Crippen LogP) is 0.102. The largest absolute Gasteiger partial charge is 0.468 e. The lowest BCUT2D eigenvalue weighted by Crippen LogP contribution is -2.39. The zero-order valence-electron chi connectivity index (χ0n) is 14.2. The Morgan fingerprint density at radius 2 is 1.75 bits per heavy atom. The van der Waals surface area contributed by atoms with E-state index >= 15 is 0 Å². The number of carbonyl (C=O) groups is 1. The quantitative estimate of drug-likeness (QED) is 0.802. The predicted molar refractivity (Wildman–Crippen MR) is 90.8 cm³/mol. The van der Waals surface area contributed by atoms with Crippen LogP contribution in [-0.2, 0) is 30.0 Å². The number of benzene rings is 1. The normalized spacial score (nSPS) is 12.0. The molecule has 1 heterocycles. The molecule has 7 heteroatoms. The third-order valence-electron chi connectivity index (χ3n) is 4.16. The first-order valence-electron chi connectivity index (χ1n) is 7.47. The maximum Gasteiger partial charge on any atom is 0.330 e. The van der Waals surface area contributed by atoms with Crippen LogP contribution in [0.4, 0.5) is 0 Å². The number of rotatable bonds is 4. The molecule has 128 valence electrons. The molecule has 0 aliphatic heterocycles. The highest BCUT2D eigenvalue weighted by atomic mass is 16.5. The van der Waals surface area contributed by atoms with Gasteiger partial charge in [0.2, 0.25) is 0 Å². The summed E-state index contributed by atoms with van der Waals surface area (Å²) in [5.74, 6) is -0.471. The molecule has 1 unspecified atom stereocenters. The molecular weight excluding hydrogens is 310 g/mol. The van der Waals surface area contributed by atoms with Crippen molar-refractivity contribution >= 4 is 5.97 Å². The van der Waals surface area contributed by atoms with E-state index in [1.807, 2.05) is 12.1 Å². The summed E-state index contributed by atoms with van der Waals surface area (Å²) < 4.78 is 7.13. The minimum absolute atomic E-state index is 0.338. The Hall–Kier alpha value is -2.67. The van der Waals surface area contributed by atoms with Crippen LogP contribution in [-0.4, -0.2) is 28.3 Å². The number of hydrogen-bond acceptors (Lipinski definition) is 5. The number of methoxy groups -OCH3 is 1. The monoisotopic (exact) mass is 331 g/mol. The van der Waals surface area contributed by atoms with Gasteiger partial charge in [0, 0.05) is 19.8 Å². The Bertz CT molecular complexity index is 878. The maximum atomic E-state index is 12.4. The van der Waals surface area contributed by atoms with Crippen molar-refractivity contribution < 1.29 is 9.53 Å². The molecule has 24 heavy (non-hydrogen) atoms. The van der Waals surface area contributed by atoms with Crippen molar-refractivity contribution in [1.82, 2.24) is 9.13 Å². The Labute approximate surface area is 139 Å². The standard InChI is InChI=1S/C17H21N3O4/c1-10-14(15(21)20(3)17(23)19(10)2)12-7-5-11(6-8-12)9-13(18)16(22)24-4/h5-8,13H,9,18H2,1-4H3. The topological polar surface area (TPSA) is 96.3 Å². The zero-order valence-corrected chi connectivity index (χ0v) is 14.2. The van der Waals surface area contributed by atoms with Crippen LogP contribution >= 0.6 is 0 Å². The summed E-state index contributed by atoms with van der Waals surface area (Å²) in [5, 5.41) is 0. The molecule has 0 saturated carbocycles. The van der Waals surface area contributed by atoms with Crippen LogP contribution < -0.4 is 17.0 Å². The summed E-state index contributed by atoms with van der Waals surface area (Å²) >= 11 is 0. The number of ether oxygens (including phenoxy) is 1. The third kappa shape index (κ3) is 3.16. The number of aromatic nitrogens is 2. The first kappa shape index (κ1) is 17.7. The van der Waals surface area contributed by atoms with Gasteiger partial charge < -0.3 is 15.0 Å². The molecule has 0 amide bonds. The minimum atomic E-state index is -0.729. The summed E-state index contributed by atoms with van der Waals surface area (Å²) in [7, 11) is 4.38. The summed E-state index contributed by atoms with van der Waals surface area (Å²) in [4.78, 5) is 35.7. The lowest BCUT2D eigenvalue weighted by atomic mass is 10.0. The van der Waals surface area contributed by atoms with Gasteiger partial charge in [0.1, 0.15) is 6.04 Å². The summed E-state index contributed by atoms with van der Waals surface area (Å²) in [6.07, 6.45) is 0.344. The second-order valence-electron chi connectivity index (χ2n) is 5.70. The highest BCUT2D eigenvalue weighted by Crippen LogP contribution is 2.19. The number of nitrogens with two attached hydrogens (primary N) is 1. The number of hydrogen-bond donors (Lipinski definition) is 1. The molecule has 7 nitrogen and oxygen atoms in total. The van der Waals surface area contributed by atoms with Crippen molar-refractivity contribution in [2.45, 2.75) is 19.4 Å². The molecule has 0 aliphatic carbocycles. The third-order valence-corrected chi connectivity index (χ3v) is 4.16. The number of esters is 1. The maximum absolute atomic E-state index is 12.4. The highest BCUT2D eigenvalue weighted by Gasteiger charge is 2.16. The summed E-state index contributed by atoms with van der Waals surface area (Å²) in [6.45, 7) is 1.74. The Balaban J connectivity index is 2.41. The molecule has 2 N–H and O–H groups in total. The fourth-order valence-electron chi connectivity index (χ4n) is 2.57. The Morgan fingerprint density at radius 1 is 1.17 bits per heavy atom. The molecule has 1 aromatic heterocycles. The van der Waals surface area contributed by atoms with E-state index in [9.17, 15) is 14.4 Å². The Kier molecular flexibility index (Phi) is 5.04. The SMILES string of the molecule is COC(=O)C(N)Cc1ccc(-c2c(C)n(C)c(=O)n(C)c2=O)cc1. The second kappa shape index (κ2) is 6.84. The summed E-state index contributed by atoms with van der Waals surface area (Å²) in [5.41, 5.74) is 7.69. The van der Waals surface area contributed by atoms with Gasteiger partial charge in [-0.1, -0.05) is 24.3 Å². The van der Waals surface area contributed by atoms with E-state index in [-0.39, 0.29) is 11.2 Å². The molecule has 1 atom stereocenters. The van der Waals surface area contributed by atoms with E-state index in [0.717, 1.165) is 10.1 Å². The smallest absolute Gasteiger partial charge is 0.330 e. The van der Waals surface area contributed by atoms with Gasteiger partial charge in [-0.05, 0) is 24.5 Å². The van der Waals surface area contributed by atoms with Crippen molar-refractivity contribution in [3.05, 3.63) is 56.4 Å². The van der Waals surface area contributed by atoms with Crippen LogP contribution in [0.1, 0.15) is 11.3 Å². The molecule has 2 rings (SSSR count). The van der Waals surface area contributed by atoms with Gasteiger partial charge in [0.15, 0.2) is 0 Å². The van der Waals surface area contributed by atoms with Gasteiger partial charge in [0.25, 0.3) is 5.56 Å². The van der Waals surface area contributed by atoms with Crippen molar-refractivity contribution in [1.29, 1.82) is 0 Å². The number of carbonyl (C=O) groups excluding carboxylic acids is 1. The second-order valence-corrected chi connectivity index (χ2v) is 5.70. The fourth-order valence-corrected chi connectivity index (χ4v) is 2.57. The van der Waals surface area contributed by atoms with E-state index in [1.54, 1.807) is 26.1 Å². The lowest BCUT2D eigenvalue weighted by Gasteiger charge is -2.13. The van der Waals surface area contributed by atoms with Gasteiger partial charge in [-0.2, -0.15) is 0 Å². The van der Waals surface area contributed by atoms with Gasteiger partial charge in [-0.15, -0.1) is 0 Å². The molecule has 0 spiro atoms. The average molecular weight is 331 g/mol. The average Bonchev–Trinajstić information content (AvgIpc) is 2.59. The van der Waals surface area contributed by atoms with Crippen LogP contribution in [0.15, 0.2) is 33.9 Å². The van der Waals surface area contributed by atoms with Crippen molar-refractivity contribution in [3.63, 3.8) is 0 Å². The number of nitrogens with zero attached hydrogens (tertiary/aromatic N) is 2. The van der Waals surface area contributed by atoms with Gasteiger partial charge >= 0.3 is 11.7 Å². The fraction of sp³-hybridized carbons (Fsp3) is 0.353. The molecule has 0 radical (unpaired) electrons. The Morgan fingerprint density at radius 3 is 2.29 bits per heavy atom. The van der Waals surface area contributed by atoms with Crippen LogP contribution in [0.3, 0.4) is 0 Å². The highest BCUT2D eigenvalue weighted by molar-refractivity contribution is 5.75. The van der Waals surface area contributed by atoms with Crippen LogP contribution in [0, 0.1) is 6.92 Å². The first-order chi connectivity index (χ1) is 11.3. The molecule has 2 aromatic rings. The van der Waals surface area contributed by atoms with Crippen LogP contribution in [0.25, 0.3) is 11.1 Å². The van der Waals surface area contributed by atoms with E-state index in [0.29, 0.717) is 23.2 Å². The first-order valence-corrected chi connectivity index (χ1v) is 7.47. The van der Waals surface area contributed by atoms with Crippen LogP contribution in [0.2, 0.25) is 0 Å². The van der Waals surface area contributed by atoms with Crippen molar-refractivity contribution in [3.8, 4) is 11.1 Å². The van der Waals surface area contributed by atoms with Crippen molar-refractivity contribution in [2.24, 2.45) is 19.8 Å². The van der Waals surface area contributed by atoms with Gasteiger partial charge in [-0.3, -0.25) is 14.2 Å². The van der Waals surface area contributed by atoms with E-state index < -0.39 is 12.0 Å².